The molecule has 0 bridgehead atoms. The molecule has 4 N–H and O–H groups in total. The number of nitrogen functional groups attached to an aromatic ring is 1. The molecule has 1 atom stereocenters. The van der Waals surface area contributed by atoms with Crippen molar-refractivity contribution in [3.63, 3.8) is 0 Å². The van der Waals surface area contributed by atoms with E-state index in [1.807, 2.05) is 0 Å². The Hall–Kier alpha value is -1.60. The molecule has 1 amide bonds. The van der Waals surface area contributed by atoms with E-state index >= 15 is 0 Å². The lowest BCUT2D eigenvalue weighted by Crippen LogP contribution is -2.32. The molecule has 7 heteroatoms. The quantitative estimate of drug-likeness (QED) is 0.766. The predicted molar refractivity (Wildman–Crippen MR) is 71.7 cm³/mol. The number of benzene rings is 1. The Kier molecular flexibility index (Phi) is 3.51. The van der Waals surface area contributed by atoms with Crippen LogP contribution in [0.5, 0.6) is 0 Å². The van der Waals surface area contributed by atoms with Crippen molar-refractivity contribution in [2.45, 2.75) is 18.2 Å². The minimum absolute atomic E-state index is 0.154. The Morgan fingerprint density at radius 1 is 1.42 bits per heavy atom. The fourth-order valence-corrected chi connectivity index (χ4v) is 3.99. The molecule has 6 nitrogen and oxygen atoms in total. The average molecular weight is 283 g/mol. The first-order valence-electron chi connectivity index (χ1n) is 5.98. The number of carbonyl (C=O) groups excluding carboxylic acids is 1. The first-order valence-corrected chi connectivity index (χ1v) is 7.42. The van der Waals surface area contributed by atoms with Crippen LogP contribution < -0.4 is 11.5 Å². The zero-order valence-corrected chi connectivity index (χ0v) is 11.5. The zero-order valence-electron chi connectivity index (χ0n) is 10.7. The molecule has 1 saturated heterocycles. The summed E-state index contributed by atoms with van der Waals surface area (Å²) in [7, 11) is -3.58. The fraction of sp³-hybridized carbons (Fsp3) is 0.417. The van der Waals surface area contributed by atoms with Crippen LogP contribution in [-0.4, -0.2) is 31.7 Å². The van der Waals surface area contributed by atoms with Crippen molar-refractivity contribution in [1.82, 2.24) is 4.31 Å². The Morgan fingerprint density at radius 3 is 2.63 bits per heavy atom. The number of amides is 1. The van der Waals surface area contributed by atoms with Gasteiger partial charge in [0.05, 0.1) is 10.8 Å². The Bertz CT molecular complexity index is 613. The summed E-state index contributed by atoms with van der Waals surface area (Å²) in [6, 6.07) is 4.67. The second kappa shape index (κ2) is 4.82. The van der Waals surface area contributed by atoms with E-state index in [0.29, 0.717) is 24.2 Å². The van der Waals surface area contributed by atoms with Gasteiger partial charge in [-0.3, -0.25) is 4.79 Å². The molecule has 1 unspecified atom stereocenters. The maximum Gasteiger partial charge on any atom is 0.243 e. The van der Waals surface area contributed by atoms with Crippen molar-refractivity contribution in [3.05, 3.63) is 23.8 Å². The van der Waals surface area contributed by atoms with E-state index in [9.17, 15) is 13.2 Å². The van der Waals surface area contributed by atoms with Crippen LogP contribution in [0, 0.1) is 12.8 Å². The Balaban J connectivity index is 2.31. The summed E-state index contributed by atoms with van der Waals surface area (Å²) in [6.45, 7) is 2.17. The van der Waals surface area contributed by atoms with E-state index in [1.54, 1.807) is 19.1 Å². The lowest BCUT2D eigenvalue weighted by atomic mass is 10.1. The van der Waals surface area contributed by atoms with Crippen molar-refractivity contribution in [3.8, 4) is 0 Å². The molecule has 0 radical (unpaired) electrons. The van der Waals surface area contributed by atoms with Crippen molar-refractivity contribution in [1.29, 1.82) is 0 Å². The summed E-state index contributed by atoms with van der Waals surface area (Å²) in [5.41, 5.74) is 12.0. The molecule has 19 heavy (non-hydrogen) atoms. The molecule has 2 rings (SSSR count). The molecule has 0 saturated carbocycles. The number of nitrogens with two attached hydrogens (primary N) is 2. The van der Waals surface area contributed by atoms with Crippen LogP contribution >= 0.6 is 0 Å². The third-order valence-electron chi connectivity index (χ3n) is 3.37. The summed E-state index contributed by atoms with van der Waals surface area (Å²) in [6.07, 6.45) is 0.475. The van der Waals surface area contributed by atoms with Gasteiger partial charge in [-0.2, -0.15) is 4.31 Å². The van der Waals surface area contributed by atoms with Crippen LogP contribution in [0.4, 0.5) is 5.69 Å². The largest absolute Gasteiger partial charge is 0.399 e. The molecule has 1 heterocycles. The van der Waals surface area contributed by atoms with Crippen molar-refractivity contribution < 1.29 is 13.2 Å². The van der Waals surface area contributed by atoms with Gasteiger partial charge in [-0.25, -0.2) is 8.42 Å². The number of carbonyl (C=O) groups is 1. The molecule has 1 aliphatic heterocycles. The first-order chi connectivity index (χ1) is 8.82. The minimum atomic E-state index is -3.58. The highest BCUT2D eigenvalue weighted by molar-refractivity contribution is 7.89. The minimum Gasteiger partial charge on any atom is -0.399 e. The first kappa shape index (κ1) is 13.8. The molecule has 1 aromatic rings. The number of nitrogens with zero attached hydrogens (tertiary/aromatic N) is 1. The van der Waals surface area contributed by atoms with Gasteiger partial charge in [0.1, 0.15) is 0 Å². The molecular formula is C12H17N3O3S. The second-order valence-corrected chi connectivity index (χ2v) is 6.68. The highest BCUT2D eigenvalue weighted by atomic mass is 32.2. The van der Waals surface area contributed by atoms with Gasteiger partial charge in [-0.1, -0.05) is 0 Å². The van der Waals surface area contributed by atoms with Gasteiger partial charge in [0.25, 0.3) is 0 Å². The van der Waals surface area contributed by atoms with E-state index in [4.69, 9.17) is 11.5 Å². The molecule has 0 spiro atoms. The summed E-state index contributed by atoms with van der Waals surface area (Å²) in [4.78, 5) is 11.3. The summed E-state index contributed by atoms with van der Waals surface area (Å²) >= 11 is 0. The van der Waals surface area contributed by atoms with Gasteiger partial charge in [-0.05, 0) is 37.1 Å². The van der Waals surface area contributed by atoms with E-state index in [1.165, 1.54) is 10.4 Å². The maximum absolute atomic E-state index is 12.5. The molecular weight excluding hydrogens is 266 g/mol. The Morgan fingerprint density at radius 2 is 2.11 bits per heavy atom. The summed E-state index contributed by atoms with van der Waals surface area (Å²) in [5, 5.41) is 0. The number of primary amides is 1. The number of hydrogen-bond acceptors (Lipinski definition) is 4. The molecule has 104 valence electrons. The highest BCUT2D eigenvalue weighted by Gasteiger charge is 2.35. The number of anilines is 1. The highest BCUT2D eigenvalue weighted by Crippen LogP contribution is 2.26. The topological polar surface area (TPSA) is 106 Å². The van der Waals surface area contributed by atoms with Crippen LogP contribution in [-0.2, 0) is 14.8 Å². The molecule has 0 aromatic heterocycles. The number of hydrogen-bond donors (Lipinski definition) is 2. The van der Waals surface area contributed by atoms with Crippen LogP contribution in [0.25, 0.3) is 0 Å². The van der Waals surface area contributed by atoms with Gasteiger partial charge in [0.2, 0.25) is 15.9 Å². The summed E-state index contributed by atoms with van der Waals surface area (Å²) in [5.74, 6) is -0.851. The van der Waals surface area contributed by atoms with Crippen molar-refractivity contribution in [2.24, 2.45) is 11.7 Å². The van der Waals surface area contributed by atoms with E-state index in [-0.39, 0.29) is 11.4 Å². The predicted octanol–water partition coefficient (Wildman–Crippen LogP) is 0.0731. The fourth-order valence-electron chi connectivity index (χ4n) is 2.28. The Labute approximate surface area is 112 Å². The normalized spacial score (nSPS) is 20.6. The SMILES string of the molecule is Cc1cc(N)ccc1S(=O)(=O)N1CCC(C(N)=O)C1. The van der Waals surface area contributed by atoms with Crippen molar-refractivity contribution in [2.75, 3.05) is 18.8 Å². The smallest absolute Gasteiger partial charge is 0.243 e. The van der Waals surface area contributed by atoms with E-state index < -0.39 is 21.8 Å². The lowest BCUT2D eigenvalue weighted by molar-refractivity contribution is -0.121. The van der Waals surface area contributed by atoms with Crippen LogP contribution in [0.1, 0.15) is 12.0 Å². The van der Waals surface area contributed by atoms with Crippen LogP contribution in [0.3, 0.4) is 0 Å². The summed E-state index contributed by atoms with van der Waals surface area (Å²) < 4.78 is 26.2. The van der Waals surface area contributed by atoms with E-state index in [2.05, 4.69) is 0 Å². The van der Waals surface area contributed by atoms with Gasteiger partial charge in [-0.15, -0.1) is 0 Å². The third-order valence-corrected chi connectivity index (χ3v) is 5.40. The standard InChI is InChI=1S/C12H17N3O3S/c1-8-6-10(13)2-3-11(8)19(17,18)15-5-4-9(7-15)12(14)16/h2-3,6,9H,4-5,7,13H2,1H3,(H2,14,16). The van der Waals surface area contributed by atoms with Crippen molar-refractivity contribution >= 4 is 21.6 Å². The lowest BCUT2D eigenvalue weighted by Gasteiger charge is -2.17. The number of sulfonamides is 1. The average Bonchev–Trinajstić information content (AvgIpc) is 2.78. The van der Waals surface area contributed by atoms with Gasteiger partial charge in [0, 0.05) is 18.8 Å². The van der Waals surface area contributed by atoms with Gasteiger partial charge < -0.3 is 11.5 Å². The van der Waals surface area contributed by atoms with E-state index in [0.717, 1.165) is 0 Å². The monoisotopic (exact) mass is 283 g/mol. The molecule has 1 fully saturated rings. The molecule has 1 aliphatic rings. The second-order valence-electron chi connectivity index (χ2n) is 4.78. The third kappa shape index (κ3) is 2.57. The maximum atomic E-state index is 12.5. The van der Waals surface area contributed by atoms with Crippen LogP contribution in [0.15, 0.2) is 23.1 Å². The van der Waals surface area contributed by atoms with Gasteiger partial charge >= 0.3 is 0 Å². The number of aryl methyl sites for hydroxylation is 1. The zero-order chi connectivity index (χ0) is 14.2. The van der Waals surface area contributed by atoms with Gasteiger partial charge in [0.15, 0.2) is 0 Å². The molecule has 1 aromatic carbocycles. The number of rotatable bonds is 3. The van der Waals surface area contributed by atoms with Crippen LogP contribution in [0.2, 0.25) is 0 Å². The molecule has 0 aliphatic carbocycles.